The van der Waals surface area contributed by atoms with Gasteiger partial charge < -0.3 is 9.47 Å². The van der Waals surface area contributed by atoms with Gasteiger partial charge in [-0.25, -0.2) is 9.78 Å². The van der Waals surface area contributed by atoms with E-state index in [0.717, 1.165) is 21.9 Å². The summed E-state index contributed by atoms with van der Waals surface area (Å²) in [4.78, 5) is 16.5. The third kappa shape index (κ3) is 3.93. The highest BCUT2D eigenvalue weighted by Crippen LogP contribution is 2.26. The number of methoxy groups -OCH3 is 1. The number of rotatable bonds is 5. The van der Waals surface area contributed by atoms with Crippen LogP contribution in [0.3, 0.4) is 0 Å². The fourth-order valence-electron chi connectivity index (χ4n) is 2.04. The zero-order valence-electron chi connectivity index (χ0n) is 12.9. The molecule has 0 bridgehead atoms. The van der Waals surface area contributed by atoms with Gasteiger partial charge in [0.1, 0.15) is 17.4 Å². The van der Waals surface area contributed by atoms with Crippen LogP contribution in [-0.4, -0.2) is 18.1 Å². The lowest BCUT2D eigenvalue weighted by molar-refractivity contribution is 0.0467. The number of hydrogen-bond acceptors (Lipinski definition) is 5. The Kier molecular flexibility index (Phi) is 5.13. The monoisotopic (exact) mass is 359 g/mol. The van der Waals surface area contributed by atoms with Crippen LogP contribution in [0.25, 0.3) is 10.6 Å². The van der Waals surface area contributed by atoms with Crippen molar-refractivity contribution < 1.29 is 14.3 Å². The van der Waals surface area contributed by atoms with Crippen molar-refractivity contribution in [3.05, 3.63) is 70.2 Å². The maximum Gasteiger partial charge on any atom is 0.358 e. The maximum atomic E-state index is 12.1. The molecule has 1 aromatic heterocycles. The molecule has 0 aliphatic carbocycles. The number of aromatic nitrogens is 1. The van der Waals surface area contributed by atoms with E-state index in [1.807, 2.05) is 36.4 Å². The highest BCUT2D eigenvalue weighted by molar-refractivity contribution is 7.13. The third-order valence-electron chi connectivity index (χ3n) is 3.33. The maximum absolute atomic E-state index is 12.1. The van der Waals surface area contributed by atoms with Crippen molar-refractivity contribution in [2.45, 2.75) is 6.61 Å². The first-order valence-electron chi connectivity index (χ1n) is 7.17. The Morgan fingerprint density at radius 2 is 1.83 bits per heavy atom. The Morgan fingerprint density at radius 3 is 2.50 bits per heavy atom. The smallest absolute Gasteiger partial charge is 0.358 e. The van der Waals surface area contributed by atoms with E-state index in [4.69, 9.17) is 21.1 Å². The van der Waals surface area contributed by atoms with Gasteiger partial charge in [-0.1, -0.05) is 23.7 Å². The van der Waals surface area contributed by atoms with Crippen molar-refractivity contribution in [3.63, 3.8) is 0 Å². The Bertz CT molecular complexity index is 828. The van der Waals surface area contributed by atoms with Crippen LogP contribution in [-0.2, 0) is 11.3 Å². The second kappa shape index (κ2) is 7.47. The lowest BCUT2D eigenvalue weighted by atomic mass is 10.2. The van der Waals surface area contributed by atoms with Crippen molar-refractivity contribution in [1.29, 1.82) is 0 Å². The molecule has 0 N–H and O–H groups in total. The predicted molar refractivity (Wildman–Crippen MR) is 94.7 cm³/mol. The van der Waals surface area contributed by atoms with Crippen molar-refractivity contribution in [3.8, 4) is 16.3 Å². The van der Waals surface area contributed by atoms with Crippen LogP contribution in [0.4, 0.5) is 0 Å². The number of thiazole rings is 1. The zero-order valence-corrected chi connectivity index (χ0v) is 14.4. The standard InChI is InChI=1S/C18H14ClNO3S/c1-22-15-8-4-13(5-9-15)17-20-16(11-24-17)18(21)23-10-12-2-6-14(19)7-3-12/h2-9,11H,10H2,1H3. The number of carbonyl (C=O) groups is 1. The molecule has 24 heavy (non-hydrogen) atoms. The zero-order chi connectivity index (χ0) is 16.9. The van der Waals surface area contributed by atoms with E-state index >= 15 is 0 Å². The van der Waals surface area contributed by atoms with E-state index in [1.54, 1.807) is 24.6 Å². The van der Waals surface area contributed by atoms with Crippen LogP contribution in [0.15, 0.2) is 53.9 Å². The number of benzene rings is 2. The summed E-state index contributed by atoms with van der Waals surface area (Å²) in [5.74, 6) is 0.332. The number of carbonyl (C=O) groups excluding carboxylic acids is 1. The molecule has 3 aromatic rings. The first kappa shape index (κ1) is 16.5. The average Bonchev–Trinajstić information content (AvgIpc) is 3.11. The fourth-order valence-corrected chi connectivity index (χ4v) is 2.96. The summed E-state index contributed by atoms with van der Waals surface area (Å²) >= 11 is 7.22. The molecule has 122 valence electrons. The van der Waals surface area contributed by atoms with Crippen molar-refractivity contribution >= 4 is 28.9 Å². The highest BCUT2D eigenvalue weighted by atomic mass is 35.5. The Balaban J connectivity index is 1.65. The number of hydrogen-bond donors (Lipinski definition) is 0. The third-order valence-corrected chi connectivity index (χ3v) is 4.48. The molecule has 0 spiro atoms. The largest absolute Gasteiger partial charge is 0.497 e. The quantitative estimate of drug-likeness (QED) is 0.612. The van der Waals surface area contributed by atoms with Gasteiger partial charge >= 0.3 is 5.97 Å². The predicted octanol–water partition coefficient (Wildman–Crippen LogP) is 4.83. The molecular weight excluding hydrogens is 346 g/mol. The summed E-state index contributed by atoms with van der Waals surface area (Å²) in [6, 6.07) is 14.7. The van der Waals surface area contributed by atoms with E-state index < -0.39 is 5.97 Å². The van der Waals surface area contributed by atoms with Crippen molar-refractivity contribution in [2.24, 2.45) is 0 Å². The molecule has 0 unspecified atom stereocenters. The molecule has 0 amide bonds. The minimum absolute atomic E-state index is 0.186. The molecule has 3 rings (SSSR count). The molecule has 2 aromatic carbocycles. The number of esters is 1. The van der Waals surface area contributed by atoms with E-state index in [2.05, 4.69) is 4.98 Å². The average molecular weight is 360 g/mol. The Labute approximate surface area is 148 Å². The number of halogens is 1. The normalized spacial score (nSPS) is 10.4. The van der Waals surface area contributed by atoms with Crippen molar-refractivity contribution in [2.75, 3.05) is 7.11 Å². The summed E-state index contributed by atoms with van der Waals surface area (Å²) in [5, 5.41) is 3.11. The minimum atomic E-state index is -0.444. The van der Waals surface area contributed by atoms with Crippen LogP contribution < -0.4 is 4.74 Å². The van der Waals surface area contributed by atoms with Crippen LogP contribution >= 0.6 is 22.9 Å². The molecule has 0 saturated heterocycles. The molecule has 6 heteroatoms. The molecule has 0 saturated carbocycles. The first-order valence-corrected chi connectivity index (χ1v) is 8.43. The molecular formula is C18H14ClNO3S. The van der Waals surface area contributed by atoms with Gasteiger partial charge in [-0.2, -0.15) is 0 Å². The van der Waals surface area contributed by atoms with Crippen LogP contribution in [0.5, 0.6) is 5.75 Å². The SMILES string of the molecule is COc1ccc(-c2nc(C(=O)OCc3ccc(Cl)cc3)cs2)cc1. The fraction of sp³-hybridized carbons (Fsp3) is 0.111. The molecule has 0 aliphatic rings. The van der Waals surface area contributed by atoms with Gasteiger partial charge in [0.25, 0.3) is 0 Å². The summed E-state index contributed by atoms with van der Waals surface area (Å²) < 4.78 is 10.4. The van der Waals surface area contributed by atoms with Crippen LogP contribution in [0.2, 0.25) is 5.02 Å². The molecule has 0 fully saturated rings. The van der Waals surface area contributed by atoms with Gasteiger partial charge in [0.05, 0.1) is 7.11 Å². The Morgan fingerprint density at radius 1 is 1.12 bits per heavy atom. The van der Waals surface area contributed by atoms with E-state index in [-0.39, 0.29) is 6.61 Å². The lowest BCUT2D eigenvalue weighted by Gasteiger charge is -2.03. The van der Waals surface area contributed by atoms with E-state index in [0.29, 0.717) is 10.7 Å². The number of nitrogens with zero attached hydrogens (tertiary/aromatic N) is 1. The van der Waals surface area contributed by atoms with Crippen molar-refractivity contribution in [1.82, 2.24) is 4.98 Å². The molecule has 0 radical (unpaired) electrons. The van der Waals surface area contributed by atoms with E-state index in [9.17, 15) is 4.79 Å². The molecule has 1 heterocycles. The summed E-state index contributed by atoms with van der Waals surface area (Å²) in [7, 11) is 1.62. The topological polar surface area (TPSA) is 48.4 Å². The second-order valence-corrected chi connectivity index (χ2v) is 6.26. The molecule has 0 aliphatic heterocycles. The number of ether oxygens (including phenoxy) is 2. The van der Waals surface area contributed by atoms with Gasteiger partial charge in [0.2, 0.25) is 0 Å². The van der Waals surface area contributed by atoms with Gasteiger partial charge in [-0.05, 0) is 42.0 Å². The summed E-state index contributed by atoms with van der Waals surface area (Å²) in [6.45, 7) is 0.186. The summed E-state index contributed by atoms with van der Waals surface area (Å²) in [5.41, 5.74) is 2.11. The minimum Gasteiger partial charge on any atom is -0.497 e. The molecule has 4 nitrogen and oxygen atoms in total. The van der Waals surface area contributed by atoms with E-state index in [1.165, 1.54) is 11.3 Å². The van der Waals surface area contributed by atoms with Crippen LogP contribution in [0.1, 0.15) is 16.1 Å². The van der Waals surface area contributed by atoms with Gasteiger partial charge in [0, 0.05) is 16.0 Å². The Hall–Kier alpha value is -2.37. The van der Waals surface area contributed by atoms with Gasteiger partial charge in [0.15, 0.2) is 5.69 Å². The van der Waals surface area contributed by atoms with Crippen LogP contribution in [0, 0.1) is 0 Å². The lowest BCUT2D eigenvalue weighted by Crippen LogP contribution is -2.05. The second-order valence-electron chi connectivity index (χ2n) is 4.97. The van der Waals surface area contributed by atoms with Gasteiger partial charge in [-0.15, -0.1) is 11.3 Å². The van der Waals surface area contributed by atoms with Gasteiger partial charge in [-0.3, -0.25) is 0 Å². The highest BCUT2D eigenvalue weighted by Gasteiger charge is 2.13. The first-order chi connectivity index (χ1) is 11.7. The molecule has 0 atom stereocenters. The summed E-state index contributed by atoms with van der Waals surface area (Å²) in [6.07, 6.45) is 0.